The first-order valence-corrected chi connectivity index (χ1v) is 6.27. The molecule has 3 N–H and O–H groups in total. The SMILES string of the molecule is CN(C)CC(C)(C)CNc1ccc(N)cc1C(F)F. The van der Waals surface area contributed by atoms with Gasteiger partial charge in [-0.2, -0.15) is 0 Å². The number of nitrogen functional groups attached to an aromatic ring is 1. The zero-order valence-electron chi connectivity index (χ0n) is 12.0. The van der Waals surface area contributed by atoms with Gasteiger partial charge in [0, 0.05) is 30.0 Å². The summed E-state index contributed by atoms with van der Waals surface area (Å²) in [6.07, 6.45) is -2.53. The number of anilines is 2. The quantitative estimate of drug-likeness (QED) is 0.781. The summed E-state index contributed by atoms with van der Waals surface area (Å²) >= 11 is 0. The molecule has 0 aliphatic carbocycles. The summed E-state index contributed by atoms with van der Waals surface area (Å²) < 4.78 is 25.9. The normalized spacial score (nSPS) is 12.2. The molecule has 0 bridgehead atoms. The van der Waals surface area contributed by atoms with Crippen LogP contribution >= 0.6 is 0 Å². The molecule has 0 heterocycles. The summed E-state index contributed by atoms with van der Waals surface area (Å²) in [5, 5.41) is 3.11. The van der Waals surface area contributed by atoms with Crippen molar-refractivity contribution in [2.45, 2.75) is 20.3 Å². The van der Waals surface area contributed by atoms with E-state index in [2.05, 4.69) is 24.1 Å². The highest BCUT2D eigenvalue weighted by molar-refractivity contribution is 5.58. The smallest absolute Gasteiger partial charge is 0.265 e. The second-order valence-corrected chi connectivity index (χ2v) is 5.90. The van der Waals surface area contributed by atoms with Gasteiger partial charge in [-0.25, -0.2) is 8.78 Å². The fourth-order valence-electron chi connectivity index (χ4n) is 2.17. The summed E-state index contributed by atoms with van der Waals surface area (Å²) in [5.74, 6) is 0. The molecule has 5 heteroatoms. The van der Waals surface area contributed by atoms with E-state index in [1.165, 1.54) is 6.07 Å². The lowest BCUT2D eigenvalue weighted by molar-refractivity contribution is 0.152. The second-order valence-electron chi connectivity index (χ2n) is 5.90. The van der Waals surface area contributed by atoms with E-state index in [1.54, 1.807) is 12.1 Å². The number of benzene rings is 1. The molecule has 0 atom stereocenters. The molecule has 19 heavy (non-hydrogen) atoms. The van der Waals surface area contributed by atoms with E-state index in [4.69, 9.17) is 5.73 Å². The minimum atomic E-state index is -2.53. The molecule has 0 aliphatic rings. The Kier molecular flexibility index (Phi) is 5.11. The zero-order chi connectivity index (χ0) is 14.6. The number of halogens is 2. The molecule has 0 saturated carbocycles. The number of nitrogens with one attached hydrogen (secondary N) is 1. The Morgan fingerprint density at radius 1 is 1.32 bits per heavy atom. The van der Waals surface area contributed by atoms with Gasteiger partial charge >= 0.3 is 0 Å². The number of hydrogen-bond donors (Lipinski definition) is 2. The van der Waals surface area contributed by atoms with Gasteiger partial charge in [0.15, 0.2) is 0 Å². The van der Waals surface area contributed by atoms with E-state index < -0.39 is 6.43 Å². The van der Waals surface area contributed by atoms with Crippen LogP contribution in [0.1, 0.15) is 25.8 Å². The van der Waals surface area contributed by atoms with Crippen molar-refractivity contribution in [2.24, 2.45) is 5.41 Å². The van der Waals surface area contributed by atoms with Crippen molar-refractivity contribution in [3.63, 3.8) is 0 Å². The Bertz CT molecular complexity index is 417. The van der Waals surface area contributed by atoms with Crippen molar-refractivity contribution < 1.29 is 8.78 Å². The van der Waals surface area contributed by atoms with Crippen molar-refractivity contribution in [2.75, 3.05) is 38.2 Å². The van der Waals surface area contributed by atoms with E-state index in [0.29, 0.717) is 17.9 Å². The van der Waals surface area contributed by atoms with Crippen LogP contribution in [0, 0.1) is 5.41 Å². The summed E-state index contributed by atoms with van der Waals surface area (Å²) in [5.41, 5.74) is 6.30. The molecule has 1 aromatic carbocycles. The summed E-state index contributed by atoms with van der Waals surface area (Å²) in [7, 11) is 3.99. The van der Waals surface area contributed by atoms with Gasteiger partial charge in [0.05, 0.1) is 0 Å². The fraction of sp³-hybridized carbons (Fsp3) is 0.571. The molecular formula is C14H23F2N3. The Morgan fingerprint density at radius 2 is 1.95 bits per heavy atom. The number of nitrogens with zero attached hydrogens (tertiary/aromatic N) is 1. The summed E-state index contributed by atoms with van der Waals surface area (Å²) in [6, 6.07) is 4.57. The molecule has 3 nitrogen and oxygen atoms in total. The lowest BCUT2D eigenvalue weighted by Crippen LogP contribution is -2.34. The Morgan fingerprint density at radius 3 is 2.47 bits per heavy atom. The third-order valence-electron chi connectivity index (χ3n) is 2.81. The van der Waals surface area contributed by atoms with Gasteiger partial charge in [-0.1, -0.05) is 13.8 Å². The molecule has 1 aromatic rings. The summed E-state index contributed by atoms with van der Waals surface area (Å²) in [6.45, 7) is 5.69. The monoisotopic (exact) mass is 271 g/mol. The predicted octanol–water partition coefficient (Wildman–Crippen LogP) is 3.21. The molecule has 0 aliphatic heterocycles. The predicted molar refractivity (Wildman–Crippen MR) is 76.6 cm³/mol. The van der Waals surface area contributed by atoms with Crippen molar-refractivity contribution >= 4 is 11.4 Å². The van der Waals surface area contributed by atoms with Crippen molar-refractivity contribution in [1.29, 1.82) is 0 Å². The molecular weight excluding hydrogens is 248 g/mol. The standard InChI is InChI=1S/C14H23F2N3/c1-14(2,9-19(3)4)8-18-12-6-5-10(17)7-11(12)13(15)16/h5-7,13,18H,8-9,17H2,1-4H3. The molecule has 1 rings (SSSR count). The van der Waals surface area contributed by atoms with Crippen LogP contribution in [0.25, 0.3) is 0 Å². The van der Waals surface area contributed by atoms with Crippen LogP contribution in [-0.2, 0) is 0 Å². The maximum absolute atomic E-state index is 12.9. The third kappa shape index (κ3) is 5.03. The number of nitrogens with two attached hydrogens (primary N) is 1. The van der Waals surface area contributed by atoms with Crippen LogP contribution in [0.5, 0.6) is 0 Å². The van der Waals surface area contributed by atoms with Crippen LogP contribution in [0.3, 0.4) is 0 Å². The highest BCUT2D eigenvalue weighted by Crippen LogP contribution is 2.30. The zero-order valence-corrected chi connectivity index (χ0v) is 12.0. The average Bonchev–Trinajstić information content (AvgIpc) is 2.25. The molecule has 0 aromatic heterocycles. The molecule has 0 saturated heterocycles. The maximum Gasteiger partial charge on any atom is 0.265 e. The van der Waals surface area contributed by atoms with Crippen LogP contribution in [0.2, 0.25) is 0 Å². The maximum atomic E-state index is 12.9. The number of hydrogen-bond acceptors (Lipinski definition) is 3. The van der Waals surface area contributed by atoms with E-state index in [-0.39, 0.29) is 11.0 Å². The van der Waals surface area contributed by atoms with E-state index >= 15 is 0 Å². The van der Waals surface area contributed by atoms with Crippen LogP contribution < -0.4 is 11.1 Å². The first-order chi connectivity index (χ1) is 8.71. The first-order valence-electron chi connectivity index (χ1n) is 6.27. The van der Waals surface area contributed by atoms with Gasteiger partial charge in [0.1, 0.15) is 0 Å². The first kappa shape index (κ1) is 15.7. The highest BCUT2D eigenvalue weighted by atomic mass is 19.3. The third-order valence-corrected chi connectivity index (χ3v) is 2.81. The van der Waals surface area contributed by atoms with Crippen molar-refractivity contribution in [3.8, 4) is 0 Å². The second kappa shape index (κ2) is 6.19. The van der Waals surface area contributed by atoms with Gasteiger partial charge in [-0.15, -0.1) is 0 Å². The fourth-order valence-corrected chi connectivity index (χ4v) is 2.17. The van der Waals surface area contributed by atoms with Gasteiger partial charge < -0.3 is 16.0 Å². The van der Waals surface area contributed by atoms with Crippen molar-refractivity contribution in [1.82, 2.24) is 4.90 Å². The number of rotatable bonds is 6. The van der Waals surface area contributed by atoms with E-state index in [9.17, 15) is 8.78 Å². The molecule has 0 amide bonds. The van der Waals surface area contributed by atoms with E-state index in [0.717, 1.165) is 6.54 Å². The molecule has 0 unspecified atom stereocenters. The Hall–Kier alpha value is -1.36. The van der Waals surface area contributed by atoms with Crippen LogP contribution in [0.15, 0.2) is 18.2 Å². The van der Waals surface area contributed by atoms with Gasteiger partial charge in [-0.05, 0) is 37.7 Å². The lowest BCUT2D eigenvalue weighted by atomic mass is 9.92. The van der Waals surface area contributed by atoms with Gasteiger partial charge in [0.25, 0.3) is 6.43 Å². The Labute approximate surface area is 113 Å². The van der Waals surface area contributed by atoms with E-state index in [1.807, 2.05) is 14.1 Å². The Balaban J connectivity index is 2.77. The van der Waals surface area contributed by atoms with Crippen LogP contribution in [-0.4, -0.2) is 32.1 Å². The van der Waals surface area contributed by atoms with Gasteiger partial charge in [-0.3, -0.25) is 0 Å². The van der Waals surface area contributed by atoms with Gasteiger partial charge in [0.2, 0.25) is 0 Å². The summed E-state index contributed by atoms with van der Waals surface area (Å²) in [4.78, 5) is 2.08. The molecule has 108 valence electrons. The molecule has 0 spiro atoms. The van der Waals surface area contributed by atoms with Crippen LogP contribution in [0.4, 0.5) is 20.2 Å². The molecule has 0 radical (unpaired) electrons. The topological polar surface area (TPSA) is 41.3 Å². The van der Waals surface area contributed by atoms with Crippen molar-refractivity contribution in [3.05, 3.63) is 23.8 Å². The number of alkyl halides is 2. The largest absolute Gasteiger partial charge is 0.399 e. The molecule has 0 fully saturated rings. The average molecular weight is 271 g/mol. The minimum Gasteiger partial charge on any atom is -0.399 e. The highest BCUT2D eigenvalue weighted by Gasteiger charge is 2.20. The lowest BCUT2D eigenvalue weighted by Gasteiger charge is -2.29. The minimum absolute atomic E-state index is 0.00964.